The van der Waals surface area contributed by atoms with E-state index in [2.05, 4.69) is 22.2 Å². The smallest absolute Gasteiger partial charge is 0.133 e. The molecule has 0 unspecified atom stereocenters. The van der Waals surface area contributed by atoms with Gasteiger partial charge >= 0.3 is 0 Å². The Morgan fingerprint density at radius 2 is 2.00 bits per heavy atom. The molecule has 0 bridgehead atoms. The lowest BCUT2D eigenvalue weighted by molar-refractivity contribution is 1.02. The normalized spacial score (nSPS) is 10.4. The Bertz CT molecular complexity index is 567. The van der Waals surface area contributed by atoms with E-state index >= 15 is 0 Å². The summed E-state index contributed by atoms with van der Waals surface area (Å²) in [6, 6.07) is 7.73. The summed E-state index contributed by atoms with van der Waals surface area (Å²) in [7, 11) is 0. The molecule has 1 aromatic carbocycles. The lowest BCUT2D eigenvalue weighted by atomic mass is 10.1. The molecule has 0 fully saturated rings. The summed E-state index contributed by atoms with van der Waals surface area (Å²) < 4.78 is 0. The van der Waals surface area contributed by atoms with E-state index < -0.39 is 0 Å². The highest BCUT2D eigenvalue weighted by atomic mass is 35.5. The summed E-state index contributed by atoms with van der Waals surface area (Å²) in [5.74, 6) is 1.64. The maximum atomic E-state index is 6.03. The van der Waals surface area contributed by atoms with E-state index in [4.69, 9.17) is 11.6 Å². The van der Waals surface area contributed by atoms with Crippen molar-refractivity contribution in [2.24, 2.45) is 0 Å². The third-order valence-electron chi connectivity index (χ3n) is 2.70. The van der Waals surface area contributed by atoms with Gasteiger partial charge in [0.05, 0.1) is 5.69 Å². The van der Waals surface area contributed by atoms with E-state index in [0.717, 1.165) is 35.0 Å². The first kappa shape index (κ1) is 12.8. The second kappa shape index (κ2) is 5.36. The second-order valence-electron chi connectivity index (χ2n) is 4.13. The number of hydrogen-bond acceptors (Lipinski definition) is 3. The molecule has 0 aliphatic carbocycles. The van der Waals surface area contributed by atoms with Gasteiger partial charge in [-0.2, -0.15) is 0 Å². The lowest BCUT2D eigenvalue weighted by Crippen LogP contribution is -2.06. The number of nitrogens with zero attached hydrogens (tertiary/aromatic N) is 2. The monoisotopic (exact) mass is 261 g/mol. The standard InChI is InChI=1S/C14H16ClN3/c1-4-16-14-9(2)13(17-10(3)18-14)11-6-5-7-12(15)8-11/h5-8H,4H2,1-3H3,(H,16,17,18). The van der Waals surface area contributed by atoms with E-state index in [9.17, 15) is 0 Å². The Kier molecular flexibility index (Phi) is 3.82. The van der Waals surface area contributed by atoms with Crippen LogP contribution in [-0.4, -0.2) is 16.5 Å². The van der Waals surface area contributed by atoms with Crippen LogP contribution in [-0.2, 0) is 0 Å². The molecule has 0 saturated heterocycles. The van der Waals surface area contributed by atoms with E-state index in [1.54, 1.807) is 0 Å². The van der Waals surface area contributed by atoms with E-state index in [0.29, 0.717) is 5.02 Å². The van der Waals surface area contributed by atoms with Gasteiger partial charge in [-0.1, -0.05) is 23.7 Å². The minimum Gasteiger partial charge on any atom is -0.370 e. The van der Waals surface area contributed by atoms with Crippen LogP contribution in [0.3, 0.4) is 0 Å². The maximum Gasteiger partial charge on any atom is 0.133 e. The first-order chi connectivity index (χ1) is 8.61. The molecule has 1 aromatic heterocycles. The van der Waals surface area contributed by atoms with Crippen molar-refractivity contribution < 1.29 is 0 Å². The summed E-state index contributed by atoms with van der Waals surface area (Å²) in [4.78, 5) is 8.93. The molecule has 3 nitrogen and oxygen atoms in total. The maximum absolute atomic E-state index is 6.03. The van der Waals surface area contributed by atoms with Gasteiger partial charge in [0.2, 0.25) is 0 Å². The van der Waals surface area contributed by atoms with Crippen LogP contribution in [0.2, 0.25) is 5.02 Å². The summed E-state index contributed by atoms with van der Waals surface area (Å²) in [5, 5.41) is 3.97. The predicted octanol–water partition coefficient (Wildman–Crippen LogP) is 3.85. The molecule has 0 radical (unpaired) electrons. The fourth-order valence-corrected chi connectivity index (χ4v) is 2.08. The Morgan fingerprint density at radius 1 is 1.22 bits per heavy atom. The highest BCUT2D eigenvalue weighted by Crippen LogP contribution is 2.27. The van der Waals surface area contributed by atoms with Crippen molar-refractivity contribution >= 4 is 17.4 Å². The molecule has 1 heterocycles. The highest BCUT2D eigenvalue weighted by molar-refractivity contribution is 6.30. The number of benzene rings is 1. The van der Waals surface area contributed by atoms with Crippen molar-refractivity contribution in [2.75, 3.05) is 11.9 Å². The van der Waals surface area contributed by atoms with Crippen LogP contribution in [0.1, 0.15) is 18.3 Å². The average molecular weight is 262 g/mol. The van der Waals surface area contributed by atoms with Crippen molar-refractivity contribution in [2.45, 2.75) is 20.8 Å². The van der Waals surface area contributed by atoms with Crippen molar-refractivity contribution in [3.8, 4) is 11.3 Å². The van der Waals surface area contributed by atoms with Gasteiger partial charge in [-0.15, -0.1) is 0 Å². The van der Waals surface area contributed by atoms with E-state index in [1.165, 1.54) is 0 Å². The molecule has 0 spiro atoms. The molecule has 0 amide bonds. The van der Waals surface area contributed by atoms with E-state index in [-0.39, 0.29) is 0 Å². The number of hydrogen-bond donors (Lipinski definition) is 1. The zero-order valence-electron chi connectivity index (χ0n) is 10.8. The van der Waals surface area contributed by atoms with Crippen LogP contribution >= 0.6 is 11.6 Å². The number of aryl methyl sites for hydroxylation is 1. The van der Waals surface area contributed by atoms with Gasteiger partial charge in [-0.3, -0.25) is 0 Å². The Hall–Kier alpha value is -1.61. The third kappa shape index (κ3) is 2.62. The van der Waals surface area contributed by atoms with Crippen LogP contribution < -0.4 is 5.32 Å². The lowest BCUT2D eigenvalue weighted by Gasteiger charge is -2.12. The van der Waals surface area contributed by atoms with Crippen LogP contribution in [0.4, 0.5) is 5.82 Å². The number of rotatable bonds is 3. The molecule has 1 N–H and O–H groups in total. The number of anilines is 1. The van der Waals surface area contributed by atoms with Crippen LogP contribution in [0.25, 0.3) is 11.3 Å². The van der Waals surface area contributed by atoms with Gasteiger partial charge in [0.15, 0.2) is 0 Å². The fourth-order valence-electron chi connectivity index (χ4n) is 1.88. The van der Waals surface area contributed by atoms with Crippen molar-refractivity contribution in [3.63, 3.8) is 0 Å². The minimum atomic E-state index is 0.716. The zero-order chi connectivity index (χ0) is 13.1. The summed E-state index contributed by atoms with van der Waals surface area (Å²) in [6.07, 6.45) is 0. The van der Waals surface area contributed by atoms with Crippen molar-refractivity contribution in [3.05, 3.63) is 40.7 Å². The number of halogens is 1. The van der Waals surface area contributed by atoms with Gasteiger partial charge < -0.3 is 5.32 Å². The molecule has 94 valence electrons. The molecular weight excluding hydrogens is 246 g/mol. The van der Waals surface area contributed by atoms with E-state index in [1.807, 2.05) is 38.1 Å². The molecule has 4 heteroatoms. The molecule has 0 aliphatic heterocycles. The quantitative estimate of drug-likeness (QED) is 0.912. The van der Waals surface area contributed by atoms with Crippen molar-refractivity contribution in [1.29, 1.82) is 0 Å². The van der Waals surface area contributed by atoms with Crippen molar-refractivity contribution in [1.82, 2.24) is 9.97 Å². The Balaban J connectivity index is 2.56. The summed E-state index contributed by atoms with van der Waals surface area (Å²) in [6.45, 7) is 6.81. The predicted molar refractivity (Wildman–Crippen MR) is 76.1 cm³/mol. The Morgan fingerprint density at radius 3 is 2.67 bits per heavy atom. The van der Waals surface area contributed by atoms with Crippen LogP contribution in [0.15, 0.2) is 24.3 Å². The molecule has 0 saturated carbocycles. The highest BCUT2D eigenvalue weighted by Gasteiger charge is 2.10. The molecule has 18 heavy (non-hydrogen) atoms. The average Bonchev–Trinajstić information content (AvgIpc) is 2.33. The first-order valence-corrected chi connectivity index (χ1v) is 6.34. The van der Waals surface area contributed by atoms with Crippen LogP contribution in [0, 0.1) is 13.8 Å². The molecular formula is C14H16ClN3. The van der Waals surface area contributed by atoms with Gasteiger partial charge in [-0.25, -0.2) is 9.97 Å². The molecule has 2 aromatic rings. The van der Waals surface area contributed by atoms with Gasteiger partial charge in [0.1, 0.15) is 11.6 Å². The molecule has 2 rings (SSSR count). The molecule has 0 atom stereocenters. The van der Waals surface area contributed by atoms with Gasteiger partial charge in [-0.05, 0) is 32.9 Å². The second-order valence-corrected chi connectivity index (χ2v) is 4.57. The molecule has 0 aliphatic rings. The largest absolute Gasteiger partial charge is 0.370 e. The van der Waals surface area contributed by atoms with Gasteiger partial charge in [0, 0.05) is 22.7 Å². The van der Waals surface area contributed by atoms with Crippen LogP contribution in [0.5, 0.6) is 0 Å². The number of aromatic nitrogens is 2. The Labute approximate surface area is 112 Å². The first-order valence-electron chi connectivity index (χ1n) is 5.97. The minimum absolute atomic E-state index is 0.716. The SMILES string of the molecule is CCNc1nc(C)nc(-c2cccc(Cl)c2)c1C. The summed E-state index contributed by atoms with van der Waals surface area (Å²) in [5.41, 5.74) is 3.00. The van der Waals surface area contributed by atoms with Gasteiger partial charge in [0.25, 0.3) is 0 Å². The topological polar surface area (TPSA) is 37.8 Å². The number of nitrogens with one attached hydrogen (secondary N) is 1. The zero-order valence-corrected chi connectivity index (χ0v) is 11.5. The summed E-state index contributed by atoms with van der Waals surface area (Å²) >= 11 is 6.03. The third-order valence-corrected chi connectivity index (χ3v) is 2.93. The fraction of sp³-hybridized carbons (Fsp3) is 0.286.